The van der Waals surface area contributed by atoms with E-state index < -0.39 is 0 Å². The second-order valence-corrected chi connectivity index (χ2v) is 7.09. The number of piperidine rings is 1. The van der Waals surface area contributed by atoms with Crippen molar-refractivity contribution in [3.63, 3.8) is 0 Å². The molecule has 4 nitrogen and oxygen atoms in total. The lowest BCUT2D eigenvalue weighted by atomic mass is 9.95. The molecule has 1 aliphatic heterocycles. The van der Waals surface area contributed by atoms with E-state index in [-0.39, 0.29) is 11.9 Å². The first-order valence-corrected chi connectivity index (χ1v) is 9.36. The van der Waals surface area contributed by atoms with E-state index in [1.807, 2.05) is 12.1 Å². The number of likely N-dealkylation sites (tertiary alicyclic amines) is 1. The molecule has 0 radical (unpaired) electrons. The smallest absolute Gasteiger partial charge is 0.230 e. The zero-order valence-electron chi connectivity index (χ0n) is 13.7. The summed E-state index contributed by atoms with van der Waals surface area (Å²) in [4.78, 5) is 14.4. The van der Waals surface area contributed by atoms with E-state index in [0.29, 0.717) is 18.1 Å². The van der Waals surface area contributed by atoms with Gasteiger partial charge in [-0.3, -0.25) is 9.69 Å². The number of rotatable bonds is 7. The minimum atomic E-state index is 0.0107. The molecule has 5 heteroatoms. The molecule has 1 heterocycles. The van der Waals surface area contributed by atoms with Crippen LogP contribution in [0, 0.1) is 17.2 Å². The molecule has 1 atom stereocenters. The molecule has 1 fully saturated rings. The van der Waals surface area contributed by atoms with Gasteiger partial charge in [0.1, 0.15) is 0 Å². The summed E-state index contributed by atoms with van der Waals surface area (Å²) in [6.45, 7) is 5.10. The van der Waals surface area contributed by atoms with Crippen LogP contribution in [0.3, 0.4) is 0 Å². The molecule has 0 aliphatic carbocycles. The molecule has 1 amide bonds. The number of thioether (sulfide) groups is 1. The summed E-state index contributed by atoms with van der Waals surface area (Å²) in [5.41, 5.74) is 1.26. The average molecular weight is 331 g/mol. The number of benzene rings is 1. The molecule has 1 N–H and O–H groups in total. The number of hydrogen-bond donors (Lipinski definition) is 1. The number of nitrogens with one attached hydrogen (secondary N) is 1. The third kappa shape index (κ3) is 5.89. The summed E-state index contributed by atoms with van der Waals surface area (Å²) >= 11 is 1.36. The lowest BCUT2D eigenvalue weighted by Gasteiger charge is -2.37. The van der Waals surface area contributed by atoms with Crippen LogP contribution in [-0.4, -0.2) is 41.9 Å². The van der Waals surface area contributed by atoms with Crippen LogP contribution in [0.5, 0.6) is 0 Å². The summed E-state index contributed by atoms with van der Waals surface area (Å²) in [7, 11) is 0. The highest BCUT2D eigenvalue weighted by atomic mass is 32.2. The maximum atomic E-state index is 11.9. The van der Waals surface area contributed by atoms with Crippen molar-refractivity contribution >= 4 is 17.7 Å². The molecule has 1 aliphatic rings. The first-order valence-electron chi connectivity index (χ1n) is 8.21. The Kier molecular flexibility index (Phi) is 7.44. The molecule has 2 rings (SSSR count). The van der Waals surface area contributed by atoms with Gasteiger partial charge < -0.3 is 5.32 Å². The van der Waals surface area contributed by atoms with Gasteiger partial charge in [-0.15, -0.1) is 11.8 Å². The predicted octanol–water partition coefficient (Wildman–Crippen LogP) is 2.83. The molecule has 1 aromatic rings. The summed E-state index contributed by atoms with van der Waals surface area (Å²) in [6.07, 6.45) is 2.44. The number of hydrogen-bond acceptors (Lipinski definition) is 4. The van der Waals surface area contributed by atoms with Crippen LogP contribution in [0.25, 0.3) is 0 Å². The summed E-state index contributed by atoms with van der Waals surface area (Å²) in [5.74, 6) is 1.52. The van der Waals surface area contributed by atoms with Gasteiger partial charge in [-0.1, -0.05) is 37.3 Å². The topological polar surface area (TPSA) is 56.1 Å². The van der Waals surface area contributed by atoms with Gasteiger partial charge in [0.15, 0.2) is 0 Å². The van der Waals surface area contributed by atoms with Crippen molar-refractivity contribution in [3.8, 4) is 6.07 Å². The van der Waals surface area contributed by atoms with Crippen molar-refractivity contribution in [3.05, 3.63) is 35.9 Å². The Morgan fingerprint density at radius 3 is 2.74 bits per heavy atom. The lowest BCUT2D eigenvalue weighted by molar-refractivity contribution is -0.118. The molecule has 0 saturated carbocycles. The van der Waals surface area contributed by atoms with Crippen molar-refractivity contribution in [2.45, 2.75) is 25.8 Å². The molecule has 0 bridgehead atoms. The van der Waals surface area contributed by atoms with Crippen LogP contribution in [0.15, 0.2) is 30.3 Å². The third-order valence-electron chi connectivity index (χ3n) is 4.34. The van der Waals surface area contributed by atoms with Crippen LogP contribution in [0.4, 0.5) is 0 Å². The Bertz CT molecular complexity index is 521. The first kappa shape index (κ1) is 17.8. The minimum Gasteiger partial charge on any atom is -0.353 e. The van der Waals surface area contributed by atoms with Gasteiger partial charge in [0.25, 0.3) is 0 Å². The molecule has 23 heavy (non-hydrogen) atoms. The lowest BCUT2D eigenvalue weighted by Crippen LogP contribution is -2.42. The average Bonchev–Trinajstić information content (AvgIpc) is 2.58. The fourth-order valence-electron chi connectivity index (χ4n) is 2.92. The Balaban J connectivity index is 1.94. The Morgan fingerprint density at radius 2 is 2.09 bits per heavy atom. The summed E-state index contributed by atoms with van der Waals surface area (Å²) < 4.78 is 0. The van der Waals surface area contributed by atoms with E-state index >= 15 is 0 Å². The van der Waals surface area contributed by atoms with E-state index in [1.165, 1.54) is 30.2 Å². The van der Waals surface area contributed by atoms with Crippen LogP contribution in [-0.2, 0) is 4.79 Å². The second-order valence-electron chi connectivity index (χ2n) is 6.10. The highest BCUT2D eigenvalue weighted by Gasteiger charge is 2.24. The zero-order chi connectivity index (χ0) is 16.5. The van der Waals surface area contributed by atoms with E-state index in [9.17, 15) is 4.79 Å². The van der Waals surface area contributed by atoms with Gasteiger partial charge in [-0.05, 0) is 37.4 Å². The molecule has 0 aromatic heterocycles. The fourth-order valence-corrected chi connectivity index (χ4v) is 3.40. The normalized spacial score (nSPS) is 17.4. The Labute approximate surface area is 143 Å². The molecule has 124 valence electrons. The predicted molar refractivity (Wildman–Crippen MR) is 95.1 cm³/mol. The first-order chi connectivity index (χ1) is 11.2. The number of nitriles is 1. The monoisotopic (exact) mass is 331 g/mol. The Morgan fingerprint density at radius 1 is 1.39 bits per heavy atom. The number of carbonyl (C=O) groups excluding carboxylic acids is 1. The van der Waals surface area contributed by atoms with Crippen LogP contribution in [0.1, 0.15) is 31.4 Å². The van der Waals surface area contributed by atoms with E-state index in [2.05, 4.69) is 41.4 Å². The number of carbonyl (C=O) groups is 1. The standard InChI is InChI=1S/C18H25N3OS/c1-15-7-10-21(11-8-15)17(16-5-3-2-4-6-16)13-20-18(22)14-23-12-9-19/h2-6,15,17H,7-8,10-14H2,1H3,(H,20,22). The van der Waals surface area contributed by atoms with Crippen LogP contribution >= 0.6 is 11.8 Å². The molecule has 1 aromatic carbocycles. The summed E-state index contributed by atoms with van der Waals surface area (Å²) in [5, 5.41) is 11.6. The molecule has 1 unspecified atom stereocenters. The summed E-state index contributed by atoms with van der Waals surface area (Å²) in [6, 6.07) is 12.7. The van der Waals surface area contributed by atoms with Crippen molar-refractivity contribution in [2.24, 2.45) is 5.92 Å². The van der Waals surface area contributed by atoms with Gasteiger partial charge in [0.2, 0.25) is 5.91 Å². The highest BCUT2D eigenvalue weighted by molar-refractivity contribution is 8.00. The van der Waals surface area contributed by atoms with E-state index in [4.69, 9.17) is 5.26 Å². The third-order valence-corrected chi connectivity index (χ3v) is 5.14. The van der Waals surface area contributed by atoms with Crippen LogP contribution < -0.4 is 5.32 Å². The van der Waals surface area contributed by atoms with Crippen LogP contribution in [0.2, 0.25) is 0 Å². The van der Waals surface area contributed by atoms with Gasteiger partial charge in [-0.2, -0.15) is 5.26 Å². The van der Waals surface area contributed by atoms with Gasteiger partial charge in [-0.25, -0.2) is 0 Å². The van der Waals surface area contributed by atoms with Gasteiger partial charge in [0, 0.05) is 6.54 Å². The van der Waals surface area contributed by atoms with Crippen molar-refractivity contribution < 1.29 is 4.79 Å². The zero-order valence-corrected chi connectivity index (χ0v) is 14.5. The van der Waals surface area contributed by atoms with Crippen molar-refractivity contribution in [2.75, 3.05) is 31.1 Å². The largest absolute Gasteiger partial charge is 0.353 e. The van der Waals surface area contributed by atoms with E-state index in [0.717, 1.165) is 19.0 Å². The second kappa shape index (κ2) is 9.59. The number of amides is 1. The number of nitrogens with zero attached hydrogens (tertiary/aromatic N) is 2. The quantitative estimate of drug-likeness (QED) is 0.781. The molecule has 1 saturated heterocycles. The maximum Gasteiger partial charge on any atom is 0.230 e. The minimum absolute atomic E-state index is 0.0107. The SMILES string of the molecule is CC1CCN(C(CNC(=O)CSCC#N)c2ccccc2)CC1. The molecular formula is C18H25N3OS. The molecule has 0 spiro atoms. The highest BCUT2D eigenvalue weighted by Crippen LogP contribution is 2.26. The van der Waals surface area contributed by atoms with Gasteiger partial charge >= 0.3 is 0 Å². The molecular weight excluding hydrogens is 306 g/mol. The van der Waals surface area contributed by atoms with Gasteiger partial charge in [0.05, 0.1) is 23.6 Å². The van der Waals surface area contributed by atoms with Crippen molar-refractivity contribution in [1.29, 1.82) is 5.26 Å². The maximum absolute atomic E-state index is 11.9. The fraction of sp³-hybridized carbons (Fsp3) is 0.556. The van der Waals surface area contributed by atoms with E-state index in [1.54, 1.807) is 0 Å². The Hall–Kier alpha value is -1.51. The van der Waals surface area contributed by atoms with Crippen molar-refractivity contribution in [1.82, 2.24) is 10.2 Å².